The maximum atomic E-state index is 12.2. The molecule has 0 aliphatic carbocycles. The molecule has 0 saturated carbocycles. The smallest absolute Gasteiger partial charge is 0.335 e. The third-order valence-electron chi connectivity index (χ3n) is 3.67. The summed E-state index contributed by atoms with van der Waals surface area (Å²) in [6.07, 6.45) is 1.64. The number of amides is 1. The Morgan fingerprint density at radius 2 is 2.32 bits per heavy atom. The summed E-state index contributed by atoms with van der Waals surface area (Å²) < 4.78 is 0. The molecule has 9 heteroatoms. The minimum atomic E-state index is -0.975. The molecule has 1 aliphatic heterocycles. The SMILES string of the molecule is N#CC1C(=O)NC(SCc2cccc(C(=O)O)c2)NC1c1nccs1. The first kappa shape index (κ1) is 17.4. The van der Waals surface area contributed by atoms with E-state index >= 15 is 0 Å². The van der Waals surface area contributed by atoms with Crippen LogP contribution in [0.2, 0.25) is 0 Å². The molecule has 3 rings (SSSR count). The van der Waals surface area contributed by atoms with Gasteiger partial charge in [-0.1, -0.05) is 12.1 Å². The highest BCUT2D eigenvalue weighted by atomic mass is 32.2. The summed E-state index contributed by atoms with van der Waals surface area (Å²) in [5.41, 5.74) is 0.678. The molecule has 3 atom stereocenters. The van der Waals surface area contributed by atoms with Crippen molar-refractivity contribution < 1.29 is 14.7 Å². The topological polar surface area (TPSA) is 115 Å². The lowest BCUT2D eigenvalue weighted by Crippen LogP contribution is -2.55. The number of carboxylic acid groups (broad SMARTS) is 1. The quantitative estimate of drug-likeness (QED) is 0.733. The summed E-state index contributed by atoms with van der Waals surface area (Å²) in [6, 6.07) is 8.23. The Hall–Kier alpha value is -2.41. The molecule has 25 heavy (non-hydrogen) atoms. The highest BCUT2D eigenvalue weighted by Crippen LogP contribution is 2.30. The number of benzene rings is 1. The number of carbonyl (C=O) groups is 2. The van der Waals surface area contributed by atoms with Crippen LogP contribution in [0, 0.1) is 17.2 Å². The van der Waals surface area contributed by atoms with Crippen LogP contribution in [0.1, 0.15) is 27.0 Å². The van der Waals surface area contributed by atoms with Gasteiger partial charge in [0.15, 0.2) is 0 Å². The zero-order valence-electron chi connectivity index (χ0n) is 12.9. The van der Waals surface area contributed by atoms with E-state index in [1.165, 1.54) is 29.2 Å². The Bertz CT molecular complexity index is 819. The van der Waals surface area contributed by atoms with Crippen molar-refractivity contribution in [2.45, 2.75) is 17.3 Å². The van der Waals surface area contributed by atoms with E-state index in [4.69, 9.17) is 5.11 Å². The van der Waals surface area contributed by atoms with Crippen LogP contribution in [0.5, 0.6) is 0 Å². The molecular formula is C16H14N4O3S2. The number of carboxylic acids is 1. The van der Waals surface area contributed by atoms with Crippen LogP contribution >= 0.6 is 23.1 Å². The minimum Gasteiger partial charge on any atom is -0.478 e. The van der Waals surface area contributed by atoms with E-state index in [-0.39, 0.29) is 17.0 Å². The van der Waals surface area contributed by atoms with Crippen molar-refractivity contribution in [2.75, 3.05) is 0 Å². The van der Waals surface area contributed by atoms with Crippen LogP contribution in [0.4, 0.5) is 0 Å². The van der Waals surface area contributed by atoms with Crippen molar-refractivity contribution >= 4 is 35.0 Å². The molecule has 2 aromatic rings. The lowest BCUT2D eigenvalue weighted by atomic mass is 9.99. The number of hydrogen-bond donors (Lipinski definition) is 3. The second-order valence-electron chi connectivity index (χ2n) is 5.33. The summed E-state index contributed by atoms with van der Waals surface area (Å²) in [5.74, 6) is -1.63. The van der Waals surface area contributed by atoms with Gasteiger partial charge in [0, 0.05) is 17.3 Å². The number of hydrogen-bond acceptors (Lipinski definition) is 7. The number of nitriles is 1. The second kappa shape index (κ2) is 7.65. The van der Waals surface area contributed by atoms with Crippen molar-refractivity contribution in [3.8, 4) is 6.07 Å². The summed E-state index contributed by atoms with van der Waals surface area (Å²) in [7, 11) is 0. The second-order valence-corrected chi connectivity index (χ2v) is 7.35. The van der Waals surface area contributed by atoms with Crippen molar-refractivity contribution in [1.29, 1.82) is 5.26 Å². The molecule has 1 amide bonds. The van der Waals surface area contributed by atoms with Crippen molar-refractivity contribution in [3.63, 3.8) is 0 Å². The highest BCUT2D eigenvalue weighted by Gasteiger charge is 2.38. The zero-order valence-corrected chi connectivity index (χ0v) is 14.5. The normalized spacial score (nSPS) is 22.8. The van der Waals surface area contributed by atoms with Gasteiger partial charge < -0.3 is 10.4 Å². The zero-order chi connectivity index (χ0) is 17.8. The van der Waals surface area contributed by atoms with Gasteiger partial charge in [-0.15, -0.1) is 23.1 Å². The van der Waals surface area contributed by atoms with Crippen molar-refractivity contribution in [2.24, 2.45) is 5.92 Å². The van der Waals surface area contributed by atoms with Gasteiger partial charge in [0.2, 0.25) is 5.91 Å². The number of thioether (sulfide) groups is 1. The standard InChI is InChI=1S/C16H14N4O3S2/c17-7-11-12(14-18-4-5-24-14)19-16(20-13(11)21)25-8-9-2-1-3-10(6-9)15(22)23/h1-6,11-12,16,19H,8H2,(H,20,21)(H,22,23). The Balaban J connectivity index is 1.69. The van der Waals surface area contributed by atoms with Crippen LogP contribution < -0.4 is 10.6 Å². The monoisotopic (exact) mass is 374 g/mol. The fourth-order valence-corrected chi connectivity index (χ4v) is 4.18. The van der Waals surface area contributed by atoms with Crippen LogP contribution in [-0.2, 0) is 10.5 Å². The van der Waals surface area contributed by atoms with E-state index in [1.807, 2.05) is 12.1 Å². The molecule has 1 saturated heterocycles. The lowest BCUT2D eigenvalue weighted by Gasteiger charge is -2.33. The van der Waals surface area contributed by atoms with Gasteiger partial charge in [-0.25, -0.2) is 9.78 Å². The Labute approximate surface area is 152 Å². The molecule has 1 aliphatic rings. The first-order chi connectivity index (χ1) is 12.1. The number of thiazole rings is 1. The van der Waals surface area contributed by atoms with Crippen molar-refractivity contribution in [1.82, 2.24) is 15.6 Å². The van der Waals surface area contributed by atoms with Crippen LogP contribution in [0.25, 0.3) is 0 Å². The van der Waals surface area contributed by atoms with E-state index < -0.39 is 17.9 Å². The number of aromatic nitrogens is 1. The van der Waals surface area contributed by atoms with E-state index in [1.54, 1.807) is 23.7 Å². The Kier molecular flexibility index (Phi) is 5.33. The number of nitrogens with one attached hydrogen (secondary N) is 2. The van der Waals surface area contributed by atoms with Gasteiger partial charge in [-0.2, -0.15) is 5.26 Å². The molecule has 1 fully saturated rings. The molecule has 2 heterocycles. The molecule has 1 aromatic carbocycles. The minimum absolute atomic E-state index is 0.226. The highest BCUT2D eigenvalue weighted by molar-refractivity contribution is 7.99. The van der Waals surface area contributed by atoms with E-state index in [0.717, 1.165) is 5.56 Å². The third-order valence-corrected chi connectivity index (χ3v) is 5.61. The van der Waals surface area contributed by atoms with Gasteiger partial charge in [-0.05, 0) is 17.7 Å². The number of nitrogens with zero attached hydrogens (tertiary/aromatic N) is 2. The van der Waals surface area contributed by atoms with Gasteiger partial charge in [0.05, 0.1) is 17.7 Å². The summed E-state index contributed by atoms with van der Waals surface area (Å²) in [4.78, 5) is 27.4. The van der Waals surface area contributed by atoms with E-state index in [9.17, 15) is 14.9 Å². The van der Waals surface area contributed by atoms with Crippen LogP contribution in [0.3, 0.4) is 0 Å². The molecule has 3 N–H and O–H groups in total. The van der Waals surface area contributed by atoms with Crippen LogP contribution in [0.15, 0.2) is 35.8 Å². The summed E-state index contributed by atoms with van der Waals surface area (Å²) in [5, 5.41) is 26.8. The maximum Gasteiger partial charge on any atom is 0.335 e. The molecule has 3 unspecified atom stereocenters. The van der Waals surface area contributed by atoms with Crippen molar-refractivity contribution in [3.05, 3.63) is 52.0 Å². The largest absolute Gasteiger partial charge is 0.478 e. The maximum absolute atomic E-state index is 12.2. The van der Waals surface area contributed by atoms with Gasteiger partial charge in [0.1, 0.15) is 16.4 Å². The molecule has 1 aromatic heterocycles. The first-order valence-electron chi connectivity index (χ1n) is 7.38. The van der Waals surface area contributed by atoms with Crippen LogP contribution in [-0.4, -0.2) is 27.5 Å². The number of carbonyl (C=O) groups excluding carboxylic acids is 1. The third kappa shape index (κ3) is 3.99. The predicted octanol–water partition coefficient (Wildman–Crippen LogP) is 1.96. The molecular weight excluding hydrogens is 360 g/mol. The van der Waals surface area contributed by atoms with E-state index in [0.29, 0.717) is 10.8 Å². The molecule has 0 bridgehead atoms. The summed E-state index contributed by atoms with van der Waals surface area (Å²) >= 11 is 2.81. The Morgan fingerprint density at radius 1 is 1.48 bits per heavy atom. The molecule has 7 nitrogen and oxygen atoms in total. The fourth-order valence-electron chi connectivity index (χ4n) is 2.47. The lowest BCUT2D eigenvalue weighted by molar-refractivity contribution is -0.126. The average molecular weight is 374 g/mol. The van der Waals surface area contributed by atoms with Gasteiger partial charge >= 0.3 is 5.97 Å². The summed E-state index contributed by atoms with van der Waals surface area (Å²) in [6.45, 7) is 0. The number of rotatable bonds is 5. The number of aromatic carboxylic acids is 1. The Morgan fingerprint density at radius 3 is 3.00 bits per heavy atom. The molecule has 0 radical (unpaired) electrons. The predicted molar refractivity (Wildman–Crippen MR) is 93.7 cm³/mol. The molecule has 128 valence electrons. The van der Waals surface area contributed by atoms with Gasteiger partial charge in [0.25, 0.3) is 0 Å². The first-order valence-corrected chi connectivity index (χ1v) is 9.30. The van der Waals surface area contributed by atoms with Gasteiger partial charge in [-0.3, -0.25) is 10.1 Å². The fraction of sp³-hybridized carbons (Fsp3) is 0.250. The molecule has 0 spiro atoms. The van der Waals surface area contributed by atoms with E-state index in [2.05, 4.69) is 15.6 Å². The average Bonchev–Trinajstić information content (AvgIpc) is 3.14.